The molecule has 2 N–H and O–H groups in total. The Balaban J connectivity index is 2.49. The average molecular weight is 294 g/mol. The number of carbonyl (C=O) groups excluding carboxylic acids is 2. The maximum absolute atomic E-state index is 13.7. The molecule has 1 aliphatic rings. The summed E-state index contributed by atoms with van der Waals surface area (Å²) in [5, 5.41) is 0. The van der Waals surface area contributed by atoms with E-state index in [9.17, 15) is 18.4 Å². The van der Waals surface area contributed by atoms with Crippen LogP contribution in [0.4, 0.5) is 8.78 Å². The molecule has 1 fully saturated rings. The van der Waals surface area contributed by atoms with Gasteiger partial charge in [-0.3, -0.25) is 9.59 Å². The third-order valence-corrected chi connectivity index (χ3v) is 2.96. The van der Waals surface area contributed by atoms with Gasteiger partial charge < -0.3 is 20.1 Å². The Morgan fingerprint density at radius 2 is 2.15 bits per heavy atom. The Hall–Kier alpha value is -1.28. The summed E-state index contributed by atoms with van der Waals surface area (Å²) in [5.41, 5.74) is 5.26. The standard InChI is InChI=1S/C12H20F2N2O4/c1-3-19-9-4-5-16(7-12(9,13)14)10(17)6-20-11(18)8(2)15/h8-9H,3-7,15H2,1-2H3/t8-,9-/m0/s1. The van der Waals surface area contributed by atoms with Crippen LogP contribution in [-0.4, -0.2) is 61.1 Å². The van der Waals surface area contributed by atoms with Crippen LogP contribution in [0.5, 0.6) is 0 Å². The molecule has 1 saturated heterocycles. The quantitative estimate of drug-likeness (QED) is 0.730. The summed E-state index contributed by atoms with van der Waals surface area (Å²) in [6, 6.07) is -0.854. The van der Waals surface area contributed by atoms with E-state index in [1.807, 2.05) is 0 Å². The highest BCUT2D eigenvalue weighted by Gasteiger charge is 2.46. The van der Waals surface area contributed by atoms with Crippen molar-refractivity contribution in [3.63, 3.8) is 0 Å². The number of alkyl halides is 2. The van der Waals surface area contributed by atoms with Gasteiger partial charge >= 0.3 is 5.97 Å². The number of nitrogens with two attached hydrogens (primary N) is 1. The minimum atomic E-state index is -3.10. The van der Waals surface area contributed by atoms with Crippen LogP contribution in [0.3, 0.4) is 0 Å². The van der Waals surface area contributed by atoms with Crippen molar-refractivity contribution in [1.82, 2.24) is 4.90 Å². The topological polar surface area (TPSA) is 81.9 Å². The molecule has 0 bridgehead atoms. The molecule has 1 amide bonds. The molecule has 20 heavy (non-hydrogen) atoms. The van der Waals surface area contributed by atoms with Gasteiger partial charge in [0.05, 0.1) is 6.54 Å². The van der Waals surface area contributed by atoms with Gasteiger partial charge in [0.25, 0.3) is 11.8 Å². The second-order valence-electron chi connectivity index (χ2n) is 4.71. The molecule has 1 rings (SSSR count). The van der Waals surface area contributed by atoms with E-state index < -0.39 is 43.1 Å². The highest BCUT2D eigenvalue weighted by Crippen LogP contribution is 2.29. The molecule has 116 valence electrons. The summed E-state index contributed by atoms with van der Waals surface area (Å²) in [7, 11) is 0. The van der Waals surface area contributed by atoms with Crippen molar-refractivity contribution < 1.29 is 27.8 Å². The lowest BCUT2D eigenvalue weighted by Crippen LogP contribution is -2.55. The third-order valence-electron chi connectivity index (χ3n) is 2.96. The number of likely N-dealkylation sites (tertiary alicyclic amines) is 1. The minimum absolute atomic E-state index is 0.0494. The van der Waals surface area contributed by atoms with E-state index in [4.69, 9.17) is 10.5 Å². The zero-order valence-corrected chi connectivity index (χ0v) is 11.6. The minimum Gasteiger partial charge on any atom is -0.454 e. The molecule has 0 aromatic carbocycles. The van der Waals surface area contributed by atoms with Crippen molar-refractivity contribution in [3.05, 3.63) is 0 Å². The van der Waals surface area contributed by atoms with Gasteiger partial charge in [-0.25, -0.2) is 8.78 Å². The Kier molecular flexibility index (Phi) is 5.82. The molecular formula is C12H20F2N2O4. The molecule has 2 atom stereocenters. The van der Waals surface area contributed by atoms with Crippen molar-refractivity contribution in [2.45, 2.75) is 38.3 Å². The van der Waals surface area contributed by atoms with Crippen molar-refractivity contribution in [3.8, 4) is 0 Å². The van der Waals surface area contributed by atoms with Crippen LogP contribution >= 0.6 is 0 Å². The van der Waals surface area contributed by atoms with Gasteiger partial charge in [-0.2, -0.15) is 0 Å². The smallest absolute Gasteiger partial charge is 0.323 e. The number of piperidine rings is 1. The Morgan fingerprint density at radius 3 is 2.65 bits per heavy atom. The van der Waals surface area contributed by atoms with Crippen LogP contribution in [0.2, 0.25) is 0 Å². The normalized spacial score (nSPS) is 23.2. The molecule has 0 radical (unpaired) electrons. The highest BCUT2D eigenvalue weighted by molar-refractivity contribution is 5.82. The summed E-state index contributed by atoms with van der Waals surface area (Å²) in [4.78, 5) is 23.8. The van der Waals surface area contributed by atoms with Crippen LogP contribution in [0.25, 0.3) is 0 Å². The van der Waals surface area contributed by atoms with Gasteiger partial charge in [0.15, 0.2) is 6.61 Å². The molecule has 0 spiro atoms. The first-order valence-electron chi connectivity index (χ1n) is 6.47. The zero-order chi connectivity index (χ0) is 15.3. The van der Waals surface area contributed by atoms with Crippen molar-refractivity contribution in [2.75, 3.05) is 26.3 Å². The predicted molar refractivity (Wildman–Crippen MR) is 66.2 cm³/mol. The fourth-order valence-electron chi connectivity index (χ4n) is 1.89. The second kappa shape index (κ2) is 6.94. The van der Waals surface area contributed by atoms with Crippen molar-refractivity contribution >= 4 is 11.9 Å². The Bertz CT molecular complexity index is 363. The van der Waals surface area contributed by atoms with E-state index in [1.54, 1.807) is 6.92 Å². The Morgan fingerprint density at radius 1 is 1.50 bits per heavy atom. The van der Waals surface area contributed by atoms with E-state index in [2.05, 4.69) is 4.74 Å². The number of halogens is 2. The molecule has 6 nitrogen and oxygen atoms in total. The number of ether oxygens (including phenoxy) is 2. The molecule has 1 aliphatic heterocycles. The van der Waals surface area contributed by atoms with E-state index in [0.717, 1.165) is 4.90 Å². The molecule has 0 aromatic heterocycles. The molecule has 0 aromatic rings. The number of nitrogens with zero attached hydrogens (tertiary/aromatic N) is 1. The molecule has 0 saturated carbocycles. The fraction of sp³-hybridized carbons (Fsp3) is 0.833. The van der Waals surface area contributed by atoms with Gasteiger partial charge in [-0.1, -0.05) is 0 Å². The first-order valence-corrected chi connectivity index (χ1v) is 6.47. The number of hydrogen-bond donors (Lipinski definition) is 1. The lowest BCUT2D eigenvalue weighted by Gasteiger charge is -2.37. The third kappa shape index (κ3) is 4.38. The summed E-state index contributed by atoms with van der Waals surface area (Å²) in [6.45, 7) is 2.09. The second-order valence-corrected chi connectivity index (χ2v) is 4.71. The Labute approximate surface area is 116 Å². The number of carbonyl (C=O) groups is 2. The van der Waals surface area contributed by atoms with Gasteiger partial charge in [-0.05, 0) is 20.3 Å². The summed E-state index contributed by atoms with van der Waals surface area (Å²) in [5.74, 6) is -4.50. The molecule has 1 heterocycles. The molecule has 0 aliphatic carbocycles. The van der Waals surface area contributed by atoms with Gasteiger partial charge in [0.1, 0.15) is 12.1 Å². The maximum Gasteiger partial charge on any atom is 0.323 e. The van der Waals surface area contributed by atoms with Crippen LogP contribution < -0.4 is 5.73 Å². The summed E-state index contributed by atoms with van der Waals surface area (Å²) < 4.78 is 37.1. The maximum atomic E-state index is 13.7. The van der Waals surface area contributed by atoms with Gasteiger partial charge in [0, 0.05) is 13.2 Å². The number of rotatable bonds is 5. The lowest BCUT2D eigenvalue weighted by molar-refractivity contribution is -0.181. The van der Waals surface area contributed by atoms with Crippen LogP contribution in [0.1, 0.15) is 20.3 Å². The first kappa shape index (κ1) is 16.8. The first-order chi connectivity index (χ1) is 9.27. The van der Waals surface area contributed by atoms with Crippen molar-refractivity contribution in [1.29, 1.82) is 0 Å². The lowest BCUT2D eigenvalue weighted by atomic mass is 10.0. The molecule has 0 unspecified atom stereocenters. The average Bonchev–Trinajstić information content (AvgIpc) is 2.37. The van der Waals surface area contributed by atoms with Gasteiger partial charge in [-0.15, -0.1) is 0 Å². The predicted octanol–water partition coefficient (Wildman–Crippen LogP) is 0.150. The van der Waals surface area contributed by atoms with Crippen LogP contribution in [0, 0.1) is 0 Å². The highest BCUT2D eigenvalue weighted by atomic mass is 19.3. The number of esters is 1. The molecule has 8 heteroatoms. The van der Waals surface area contributed by atoms with Crippen LogP contribution in [-0.2, 0) is 19.1 Å². The largest absolute Gasteiger partial charge is 0.454 e. The summed E-state index contributed by atoms with van der Waals surface area (Å²) >= 11 is 0. The molecular weight excluding hydrogens is 274 g/mol. The van der Waals surface area contributed by atoms with E-state index >= 15 is 0 Å². The zero-order valence-electron chi connectivity index (χ0n) is 11.6. The number of hydrogen-bond acceptors (Lipinski definition) is 5. The van der Waals surface area contributed by atoms with Crippen LogP contribution in [0.15, 0.2) is 0 Å². The fourth-order valence-corrected chi connectivity index (χ4v) is 1.89. The van der Waals surface area contributed by atoms with E-state index in [0.29, 0.717) is 0 Å². The monoisotopic (exact) mass is 294 g/mol. The summed E-state index contributed by atoms with van der Waals surface area (Å²) in [6.07, 6.45) is -1.13. The number of amides is 1. The van der Waals surface area contributed by atoms with Crippen molar-refractivity contribution in [2.24, 2.45) is 5.73 Å². The van der Waals surface area contributed by atoms with Gasteiger partial charge in [0.2, 0.25) is 0 Å². The SMILES string of the molecule is CCO[C@H]1CCN(C(=O)COC(=O)[C@H](C)N)CC1(F)F. The van der Waals surface area contributed by atoms with E-state index in [-0.39, 0.29) is 19.6 Å². The van der Waals surface area contributed by atoms with E-state index in [1.165, 1.54) is 6.92 Å².